The number of nitrogens with two attached hydrogens (primary N) is 1. The molecular weight excluding hydrogens is 584 g/mol. The van der Waals surface area contributed by atoms with E-state index in [2.05, 4.69) is 34.8 Å². The normalized spacial score (nSPS) is 25.4. The van der Waals surface area contributed by atoms with Crippen LogP contribution in [0.15, 0.2) is 11.6 Å². The van der Waals surface area contributed by atoms with Crippen molar-refractivity contribution in [2.45, 2.75) is 105 Å². The third-order valence-corrected chi connectivity index (χ3v) is 10.2. The lowest BCUT2D eigenvalue weighted by Gasteiger charge is -2.40. The van der Waals surface area contributed by atoms with Crippen molar-refractivity contribution in [3.8, 4) is 0 Å². The fraction of sp³-hybridized carbons (Fsp3) is 0.742. The first kappa shape index (κ1) is 34.1. The van der Waals surface area contributed by atoms with Gasteiger partial charge in [-0.3, -0.25) is 34.6 Å². The number of ketones is 2. The van der Waals surface area contributed by atoms with Crippen molar-refractivity contribution in [3.63, 3.8) is 0 Å². The Hall–Kier alpha value is -2.74. The molecule has 0 aromatic carbocycles. The predicted molar refractivity (Wildman–Crippen MR) is 165 cm³/mol. The summed E-state index contributed by atoms with van der Waals surface area (Å²) in [6, 6.07) is -3.63. The highest BCUT2D eigenvalue weighted by atomic mass is 32.1. The predicted octanol–water partition coefficient (Wildman–Crippen LogP) is 1.43. The molecule has 244 valence electrons. The highest BCUT2D eigenvalue weighted by Crippen LogP contribution is 2.65. The van der Waals surface area contributed by atoms with E-state index in [-0.39, 0.29) is 34.9 Å². The van der Waals surface area contributed by atoms with Crippen LogP contribution in [-0.4, -0.2) is 81.3 Å². The molecular formula is C31H48N6O6S. The molecule has 2 unspecified atom stereocenters. The van der Waals surface area contributed by atoms with Crippen molar-refractivity contribution >= 4 is 40.6 Å². The first-order valence-electron chi connectivity index (χ1n) is 15.3. The molecule has 1 aromatic rings. The molecule has 44 heavy (non-hydrogen) atoms. The summed E-state index contributed by atoms with van der Waals surface area (Å²) in [6.45, 7) is 15.6. The molecule has 3 aliphatic rings. The van der Waals surface area contributed by atoms with Gasteiger partial charge >= 0.3 is 0 Å². The van der Waals surface area contributed by atoms with E-state index in [0.29, 0.717) is 18.0 Å². The zero-order chi connectivity index (χ0) is 32.9. The average molecular weight is 633 g/mol. The van der Waals surface area contributed by atoms with Crippen molar-refractivity contribution < 1.29 is 29.1 Å². The first-order chi connectivity index (χ1) is 20.2. The molecule has 3 fully saturated rings. The first-order valence-corrected chi connectivity index (χ1v) is 16.2. The Morgan fingerprint density at radius 2 is 1.66 bits per heavy atom. The molecule has 2 saturated carbocycles. The standard InChI is InChI=1S/C31H48N6O6S/c1-29(2,3)22(21(39)26-33-11-12-44-26)35-28(43)36-23(30(4,5)6)27(42)37-14-16-18(31(16,7)8)19(37)25(41)34-17(13-15-9-10-15)20(38)24(32)40/h11-12,15-19,22-23,28,35-36,43H,9-10,13-14H2,1-8H3,(H2,32,40)(H,34,41)/t16-,17?,18-,19-,22+,23+,28?/m0/s1. The lowest BCUT2D eigenvalue weighted by Crippen LogP contribution is -2.64. The second-order valence-electron chi connectivity index (χ2n) is 15.4. The van der Waals surface area contributed by atoms with Crippen molar-refractivity contribution in [1.29, 1.82) is 0 Å². The molecule has 0 radical (unpaired) electrons. The summed E-state index contributed by atoms with van der Waals surface area (Å²) >= 11 is 1.22. The molecule has 13 heteroatoms. The highest BCUT2D eigenvalue weighted by molar-refractivity contribution is 7.11. The number of hydrogen-bond acceptors (Lipinski definition) is 10. The molecule has 1 aromatic heterocycles. The number of primary amides is 1. The number of amides is 3. The maximum Gasteiger partial charge on any atom is 0.287 e. The molecule has 1 aliphatic heterocycles. The Morgan fingerprint density at radius 3 is 2.16 bits per heavy atom. The van der Waals surface area contributed by atoms with Crippen LogP contribution in [0.1, 0.15) is 84.5 Å². The number of likely N-dealkylation sites (tertiary alicyclic amines) is 1. The van der Waals surface area contributed by atoms with Crippen LogP contribution in [0.2, 0.25) is 0 Å². The molecule has 4 rings (SSSR count). The maximum atomic E-state index is 14.3. The number of nitrogens with one attached hydrogen (secondary N) is 3. The minimum atomic E-state index is -1.44. The number of hydrogen-bond donors (Lipinski definition) is 5. The van der Waals surface area contributed by atoms with Gasteiger partial charge in [0.05, 0.1) is 18.1 Å². The van der Waals surface area contributed by atoms with E-state index < -0.39 is 58.9 Å². The number of rotatable bonds is 13. The fourth-order valence-corrected chi connectivity index (χ4v) is 7.18. The van der Waals surface area contributed by atoms with Crippen LogP contribution < -0.4 is 21.7 Å². The monoisotopic (exact) mass is 632 g/mol. The SMILES string of the molecule is CC(C)(C)[C@H](NC(O)N[C@H](C(=O)N1C[C@H]2[C@@H]([C@H]1C(=O)NC(CC1CC1)C(=O)C(N)=O)C2(C)C)C(C)(C)C)C(=O)c1nccs1. The summed E-state index contributed by atoms with van der Waals surface area (Å²) < 4.78 is 0. The van der Waals surface area contributed by atoms with Gasteiger partial charge in [0.25, 0.3) is 5.91 Å². The van der Waals surface area contributed by atoms with E-state index >= 15 is 0 Å². The van der Waals surface area contributed by atoms with Crippen LogP contribution in [0.3, 0.4) is 0 Å². The second kappa shape index (κ2) is 12.2. The van der Waals surface area contributed by atoms with Crippen LogP contribution in [0.5, 0.6) is 0 Å². The van der Waals surface area contributed by atoms with Gasteiger partial charge in [-0.25, -0.2) is 4.98 Å². The molecule has 7 atom stereocenters. The zero-order valence-corrected chi connectivity index (χ0v) is 27.8. The number of aliphatic hydroxyl groups excluding tert-OH is 1. The third-order valence-electron chi connectivity index (χ3n) is 9.44. The fourth-order valence-electron chi connectivity index (χ4n) is 6.57. The zero-order valence-electron chi connectivity index (χ0n) is 27.0. The highest BCUT2D eigenvalue weighted by Gasteiger charge is 2.70. The van der Waals surface area contributed by atoms with Crippen LogP contribution in [0, 0.1) is 34.0 Å². The minimum Gasteiger partial charge on any atom is -0.365 e. The number of piperidine rings is 1. The Labute approximate surface area is 263 Å². The number of carbonyl (C=O) groups excluding carboxylic acids is 5. The Balaban J connectivity index is 1.54. The van der Waals surface area contributed by atoms with Gasteiger partial charge in [0, 0.05) is 18.1 Å². The van der Waals surface area contributed by atoms with Gasteiger partial charge in [-0.2, -0.15) is 0 Å². The lowest BCUT2D eigenvalue weighted by molar-refractivity contribution is -0.146. The van der Waals surface area contributed by atoms with Gasteiger partial charge in [-0.05, 0) is 40.4 Å². The van der Waals surface area contributed by atoms with Gasteiger partial charge < -0.3 is 21.1 Å². The summed E-state index contributed by atoms with van der Waals surface area (Å²) in [5, 5.41) is 21.9. The van der Waals surface area contributed by atoms with Crippen LogP contribution in [0.4, 0.5) is 0 Å². The summed E-state index contributed by atoms with van der Waals surface area (Å²) in [4.78, 5) is 71.3. The number of fused-ring (bicyclic) bond motifs is 1. The molecule has 0 bridgehead atoms. The van der Waals surface area contributed by atoms with Gasteiger partial charge in [0.15, 0.2) is 11.4 Å². The molecule has 2 heterocycles. The summed E-state index contributed by atoms with van der Waals surface area (Å²) in [5.74, 6) is -2.85. The van der Waals surface area contributed by atoms with Crippen LogP contribution >= 0.6 is 11.3 Å². The number of aromatic nitrogens is 1. The summed E-state index contributed by atoms with van der Waals surface area (Å²) in [7, 11) is 0. The number of aliphatic hydroxyl groups is 1. The van der Waals surface area contributed by atoms with Crippen molar-refractivity contribution in [1.82, 2.24) is 25.8 Å². The van der Waals surface area contributed by atoms with Gasteiger partial charge in [-0.1, -0.05) is 68.2 Å². The van der Waals surface area contributed by atoms with E-state index in [1.807, 2.05) is 41.5 Å². The number of carbonyl (C=O) groups is 5. The van der Waals surface area contributed by atoms with Gasteiger partial charge in [-0.15, -0.1) is 11.3 Å². The summed E-state index contributed by atoms with van der Waals surface area (Å²) in [5.41, 5.74) is 3.83. The Morgan fingerprint density at radius 1 is 1.07 bits per heavy atom. The van der Waals surface area contributed by atoms with E-state index in [1.165, 1.54) is 16.2 Å². The molecule has 12 nitrogen and oxygen atoms in total. The number of thiazole rings is 1. The van der Waals surface area contributed by atoms with E-state index in [0.717, 1.165) is 12.8 Å². The third kappa shape index (κ3) is 7.21. The Bertz CT molecular complexity index is 1280. The molecule has 3 amide bonds. The minimum absolute atomic E-state index is 0.0841. The van der Waals surface area contributed by atoms with Gasteiger partial charge in [0.2, 0.25) is 23.4 Å². The van der Waals surface area contributed by atoms with Gasteiger partial charge in [0.1, 0.15) is 6.04 Å². The molecule has 0 spiro atoms. The van der Waals surface area contributed by atoms with Crippen LogP contribution in [-0.2, 0) is 19.2 Å². The molecule has 1 saturated heterocycles. The largest absolute Gasteiger partial charge is 0.365 e. The van der Waals surface area contributed by atoms with Crippen molar-refractivity contribution in [2.75, 3.05) is 6.54 Å². The molecule has 6 N–H and O–H groups in total. The quantitative estimate of drug-likeness (QED) is 0.122. The van der Waals surface area contributed by atoms with Crippen LogP contribution in [0.25, 0.3) is 0 Å². The van der Waals surface area contributed by atoms with E-state index in [9.17, 15) is 29.1 Å². The average Bonchev–Trinajstić information content (AvgIpc) is 3.60. The second-order valence-corrected chi connectivity index (χ2v) is 16.3. The maximum absolute atomic E-state index is 14.3. The smallest absolute Gasteiger partial charge is 0.287 e. The van der Waals surface area contributed by atoms with Crippen molar-refractivity contribution in [3.05, 3.63) is 16.6 Å². The number of nitrogens with zero attached hydrogens (tertiary/aromatic N) is 2. The Kier molecular flexibility index (Phi) is 9.48. The number of Topliss-reactive ketones (excluding diaryl/α,β-unsaturated/α-hetero) is 2. The van der Waals surface area contributed by atoms with Crippen molar-refractivity contribution in [2.24, 2.45) is 39.7 Å². The van der Waals surface area contributed by atoms with E-state index in [1.54, 1.807) is 11.6 Å². The topological polar surface area (TPSA) is 184 Å². The molecule has 2 aliphatic carbocycles. The van der Waals surface area contributed by atoms with E-state index in [4.69, 9.17) is 5.73 Å². The lowest BCUT2D eigenvalue weighted by atomic mass is 9.83. The summed E-state index contributed by atoms with van der Waals surface area (Å²) in [6.07, 6.45) is 2.29.